The molecular weight excluding hydrogens is 232 g/mol. The van der Waals surface area contributed by atoms with E-state index in [0.29, 0.717) is 6.04 Å². The third-order valence-corrected chi connectivity index (χ3v) is 4.13. The van der Waals surface area contributed by atoms with Crippen LogP contribution in [0.4, 0.5) is 0 Å². The topological polar surface area (TPSA) is 35.8 Å². The van der Waals surface area contributed by atoms with Gasteiger partial charge in [-0.2, -0.15) is 5.26 Å². The highest BCUT2D eigenvalue weighted by atomic mass is 15.0. The van der Waals surface area contributed by atoms with Gasteiger partial charge in [-0.05, 0) is 38.2 Å². The zero-order valence-electron chi connectivity index (χ0n) is 11.9. The Bertz CT molecular complexity index is 415. The number of benzene rings is 1. The molecule has 1 atom stereocenters. The molecular formula is C17H24N2. The minimum Gasteiger partial charge on any atom is -0.297 e. The van der Waals surface area contributed by atoms with E-state index in [1.54, 1.807) is 0 Å². The normalized spacial score (nSPS) is 19.6. The van der Waals surface area contributed by atoms with Crippen molar-refractivity contribution in [2.75, 3.05) is 0 Å². The number of nitrogens with zero attached hydrogens (tertiary/aromatic N) is 1. The van der Waals surface area contributed by atoms with Crippen LogP contribution in [-0.4, -0.2) is 11.6 Å². The summed E-state index contributed by atoms with van der Waals surface area (Å²) >= 11 is 0. The van der Waals surface area contributed by atoms with Crippen molar-refractivity contribution in [1.82, 2.24) is 5.32 Å². The largest absolute Gasteiger partial charge is 0.297 e. The molecule has 1 N–H and O–H groups in total. The quantitative estimate of drug-likeness (QED) is 0.869. The van der Waals surface area contributed by atoms with Crippen LogP contribution in [0.2, 0.25) is 0 Å². The summed E-state index contributed by atoms with van der Waals surface area (Å²) in [5.41, 5.74) is 0.923. The third kappa shape index (κ3) is 4.36. The molecule has 0 heterocycles. The number of hydrogen-bond acceptors (Lipinski definition) is 2. The van der Waals surface area contributed by atoms with E-state index in [1.165, 1.54) is 37.7 Å². The van der Waals surface area contributed by atoms with E-state index < -0.39 is 5.54 Å². The van der Waals surface area contributed by atoms with Crippen LogP contribution in [0, 0.1) is 11.3 Å². The van der Waals surface area contributed by atoms with Gasteiger partial charge in [0.25, 0.3) is 0 Å². The molecule has 0 bridgehead atoms. The third-order valence-electron chi connectivity index (χ3n) is 4.13. The molecule has 1 fully saturated rings. The van der Waals surface area contributed by atoms with Crippen LogP contribution >= 0.6 is 0 Å². The van der Waals surface area contributed by atoms with Gasteiger partial charge < -0.3 is 0 Å². The van der Waals surface area contributed by atoms with E-state index in [1.807, 2.05) is 13.0 Å². The Hall–Kier alpha value is -1.33. The Balaban J connectivity index is 1.88. The number of nitriles is 1. The van der Waals surface area contributed by atoms with Crippen molar-refractivity contribution in [2.45, 2.75) is 63.5 Å². The lowest BCUT2D eigenvalue weighted by molar-refractivity contribution is 0.296. The average Bonchev–Trinajstić information content (AvgIpc) is 2.47. The van der Waals surface area contributed by atoms with Gasteiger partial charge in [-0.15, -0.1) is 0 Å². The van der Waals surface area contributed by atoms with E-state index in [0.717, 1.165) is 12.8 Å². The summed E-state index contributed by atoms with van der Waals surface area (Å²) in [5, 5.41) is 13.1. The molecule has 0 aliphatic heterocycles. The van der Waals surface area contributed by atoms with Gasteiger partial charge in [0.1, 0.15) is 5.54 Å². The standard InChI is InChI=1S/C17H24N2/c1-17(14-18,19-16-10-6-3-7-11-16)13-12-15-8-4-2-5-9-15/h2,4-5,8-9,16,19H,3,6-7,10-13H2,1H3. The van der Waals surface area contributed by atoms with Gasteiger partial charge >= 0.3 is 0 Å². The van der Waals surface area contributed by atoms with Gasteiger partial charge in [0.15, 0.2) is 0 Å². The first-order valence-electron chi connectivity index (χ1n) is 7.45. The van der Waals surface area contributed by atoms with Crippen molar-refractivity contribution in [3.8, 4) is 6.07 Å². The molecule has 1 aromatic rings. The fraction of sp³-hybridized carbons (Fsp3) is 0.588. The Morgan fingerprint density at radius 1 is 1.21 bits per heavy atom. The van der Waals surface area contributed by atoms with Crippen LogP contribution in [0.15, 0.2) is 30.3 Å². The number of nitrogens with one attached hydrogen (secondary N) is 1. The SMILES string of the molecule is CC(C#N)(CCc1ccccc1)NC1CCCCC1. The summed E-state index contributed by atoms with van der Waals surface area (Å²) in [6, 6.07) is 13.5. The maximum Gasteiger partial charge on any atom is 0.104 e. The van der Waals surface area contributed by atoms with Crippen LogP contribution in [0.25, 0.3) is 0 Å². The Morgan fingerprint density at radius 2 is 1.89 bits per heavy atom. The van der Waals surface area contributed by atoms with Gasteiger partial charge in [-0.25, -0.2) is 0 Å². The first kappa shape index (κ1) is 14.1. The first-order chi connectivity index (χ1) is 9.22. The van der Waals surface area contributed by atoms with Gasteiger partial charge in [0, 0.05) is 6.04 Å². The van der Waals surface area contributed by atoms with Crippen LogP contribution in [-0.2, 0) is 6.42 Å². The maximum atomic E-state index is 9.48. The average molecular weight is 256 g/mol. The Kier molecular flexibility index (Phi) is 4.99. The molecule has 1 aromatic carbocycles. The van der Waals surface area contributed by atoms with Gasteiger partial charge in [-0.1, -0.05) is 49.6 Å². The second kappa shape index (κ2) is 6.73. The van der Waals surface area contributed by atoms with Crippen molar-refractivity contribution in [3.05, 3.63) is 35.9 Å². The van der Waals surface area contributed by atoms with E-state index >= 15 is 0 Å². The summed E-state index contributed by atoms with van der Waals surface area (Å²) < 4.78 is 0. The van der Waals surface area contributed by atoms with Crippen LogP contribution < -0.4 is 5.32 Å². The summed E-state index contributed by atoms with van der Waals surface area (Å²) in [4.78, 5) is 0. The minimum absolute atomic E-state index is 0.391. The molecule has 1 unspecified atom stereocenters. The molecule has 1 aliphatic carbocycles. The smallest absolute Gasteiger partial charge is 0.104 e. The van der Waals surface area contributed by atoms with Crippen LogP contribution in [0.1, 0.15) is 51.0 Å². The van der Waals surface area contributed by atoms with Crippen molar-refractivity contribution in [1.29, 1.82) is 5.26 Å². The Labute approximate surface area is 116 Å². The van der Waals surface area contributed by atoms with E-state index in [-0.39, 0.29) is 0 Å². The lowest BCUT2D eigenvalue weighted by Crippen LogP contribution is -2.48. The van der Waals surface area contributed by atoms with E-state index in [2.05, 4.69) is 35.7 Å². The summed E-state index contributed by atoms with van der Waals surface area (Å²) in [7, 11) is 0. The lowest BCUT2D eigenvalue weighted by Gasteiger charge is -2.32. The molecule has 0 saturated heterocycles. The molecule has 2 nitrogen and oxygen atoms in total. The number of hydrogen-bond donors (Lipinski definition) is 1. The molecule has 2 rings (SSSR count). The molecule has 0 aromatic heterocycles. The molecule has 0 radical (unpaired) electrons. The Morgan fingerprint density at radius 3 is 2.53 bits per heavy atom. The molecule has 19 heavy (non-hydrogen) atoms. The van der Waals surface area contributed by atoms with Gasteiger partial charge in [0.05, 0.1) is 6.07 Å². The summed E-state index contributed by atoms with van der Waals surface area (Å²) in [6.07, 6.45) is 8.25. The highest BCUT2D eigenvalue weighted by Crippen LogP contribution is 2.22. The molecule has 2 heteroatoms. The van der Waals surface area contributed by atoms with Crippen LogP contribution in [0.3, 0.4) is 0 Å². The second-order valence-electron chi connectivity index (χ2n) is 5.91. The van der Waals surface area contributed by atoms with Crippen molar-refractivity contribution in [2.24, 2.45) is 0 Å². The van der Waals surface area contributed by atoms with Crippen molar-refractivity contribution >= 4 is 0 Å². The second-order valence-corrected chi connectivity index (χ2v) is 5.91. The van der Waals surface area contributed by atoms with Crippen LogP contribution in [0.5, 0.6) is 0 Å². The lowest BCUT2D eigenvalue weighted by atomic mass is 9.89. The molecule has 0 amide bonds. The molecule has 0 spiro atoms. The monoisotopic (exact) mass is 256 g/mol. The number of rotatable bonds is 5. The highest BCUT2D eigenvalue weighted by Gasteiger charge is 2.27. The molecule has 1 saturated carbocycles. The summed E-state index contributed by atoms with van der Waals surface area (Å²) in [5.74, 6) is 0. The predicted molar refractivity (Wildman–Crippen MR) is 78.8 cm³/mol. The fourth-order valence-corrected chi connectivity index (χ4v) is 2.90. The summed E-state index contributed by atoms with van der Waals surface area (Å²) in [6.45, 7) is 2.05. The van der Waals surface area contributed by atoms with Gasteiger partial charge in [0.2, 0.25) is 0 Å². The maximum absolute atomic E-state index is 9.48. The van der Waals surface area contributed by atoms with Crippen molar-refractivity contribution < 1.29 is 0 Å². The van der Waals surface area contributed by atoms with Gasteiger partial charge in [-0.3, -0.25) is 5.32 Å². The van der Waals surface area contributed by atoms with E-state index in [9.17, 15) is 5.26 Å². The predicted octanol–water partition coefficient (Wildman–Crippen LogP) is 3.82. The zero-order valence-corrected chi connectivity index (χ0v) is 11.9. The molecule has 1 aliphatic rings. The zero-order chi connectivity index (χ0) is 13.6. The fourth-order valence-electron chi connectivity index (χ4n) is 2.90. The first-order valence-corrected chi connectivity index (χ1v) is 7.45. The van der Waals surface area contributed by atoms with E-state index in [4.69, 9.17) is 0 Å². The molecule has 102 valence electrons. The minimum atomic E-state index is -0.391. The highest BCUT2D eigenvalue weighted by molar-refractivity contribution is 5.17. The van der Waals surface area contributed by atoms with Crippen molar-refractivity contribution in [3.63, 3.8) is 0 Å². The number of aryl methyl sites for hydroxylation is 1.